The van der Waals surface area contributed by atoms with Crippen molar-refractivity contribution in [2.24, 2.45) is 12.8 Å². The zero-order valence-electron chi connectivity index (χ0n) is 15.3. The summed E-state index contributed by atoms with van der Waals surface area (Å²) in [6.45, 7) is 0.565. The highest BCUT2D eigenvalue weighted by Crippen LogP contribution is 2.28. The van der Waals surface area contributed by atoms with Crippen LogP contribution in [0.15, 0.2) is 17.2 Å². The Morgan fingerprint density at radius 2 is 2.14 bits per heavy atom. The van der Waals surface area contributed by atoms with Crippen LogP contribution in [0.3, 0.4) is 0 Å². The van der Waals surface area contributed by atoms with Gasteiger partial charge in [0, 0.05) is 30.9 Å². The largest absolute Gasteiger partial charge is 0.365 e. The number of hydrogen-bond acceptors (Lipinski definition) is 6. The van der Waals surface area contributed by atoms with Crippen LogP contribution in [0.1, 0.15) is 27.3 Å². The summed E-state index contributed by atoms with van der Waals surface area (Å²) in [6, 6.07) is 0. The second-order valence-electron chi connectivity index (χ2n) is 6.81. The minimum atomic E-state index is -3.32. The second kappa shape index (κ2) is 6.27. The molecule has 1 amide bonds. The number of nitrogens with one attached hydrogen (secondary N) is 1. The Bertz CT molecular complexity index is 1270. The number of carbonyl (C=O) groups excluding carboxylic acids is 1. The maximum Gasteiger partial charge on any atom is 0.291 e. The lowest BCUT2D eigenvalue weighted by molar-refractivity contribution is 0.0999. The van der Waals surface area contributed by atoms with E-state index in [4.69, 9.17) is 5.73 Å². The number of aromatic nitrogens is 5. The monoisotopic (exact) mass is 405 g/mol. The van der Waals surface area contributed by atoms with E-state index in [0.29, 0.717) is 29.6 Å². The summed E-state index contributed by atoms with van der Waals surface area (Å²) >= 11 is 0. The Labute approximate surface area is 159 Å². The van der Waals surface area contributed by atoms with E-state index in [-0.39, 0.29) is 24.2 Å². The lowest BCUT2D eigenvalue weighted by Gasteiger charge is -2.25. The fourth-order valence-corrected chi connectivity index (χ4v) is 4.45. The van der Waals surface area contributed by atoms with E-state index in [1.807, 2.05) is 0 Å². The molecule has 0 radical (unpaired) electrons. The Morgan fingerprint density at radius 1 is 1.39 bits per heavy atom. The quantitative estimate of drug-likeness (QED) is 0.564. The number of nitrogens with zero attached hydrogens (tertiary/aromatic N) is 5. The van der Waals surface area contributed by atoms with Gasteiger partial charge in [-0.05, 0) is 12.0 Å². The second-order valence-corrected chi connectivity index (χ2v) is 8.79. The lowest BCUT2D eigenvalue weighted by atomic mass is 10.1. The van der Waals surface area contributed by atoms with Gasteiger partial charge in [-0.3, -0.25) is 14.7 Å². The fraction of sp³-hybridized carbons (Fsp3) is 0.375. The molecule has 0 aliphatic carbocycles. The van der Waals surface area contributed by atoms with Gasteiger partial charge in [0.15, 0.2) is 0 Å². The van der Waals surface area contributed by atoms with Crippen molar-refractivity contribution in [3.8, 4) is 0 Å². The molecule has 4 heterocycles. The molecule has 0 atom stereocenters. The molecule has 3 N–H and O–H groups in total. The first-order chi connectivity index (χ1) is 13.2. The molecule has 0 bridgehead atoms. The maximum atomic E-state index is 13.0. The van der Waals surface area contributed by atoms with Crippen LogP contribution < -0.4 is 11.3 Å². The van der Waals surface area contributed by atoms with Crippen molar-refractivity contribution in [2.45, 2.75) is 19.5 Å². The smallest absolute Gasteiger partial charge is 0.291 e. The van der Waals surface area contributed by atoms with E-state index in [1.54, 1.807) is 17.8 Å². The van der Waals surface area contributed by atoms with Crippen LogP contribution in [0.4, 0.5) is 0 Å². The minimum Gasteiger partial charge on any atom is -0.365 e. The molecule has 11 nitrogen and oxygen atoms in total. The first-order valence-electron chi connectivity index (χ1n) is 8.52. The van der Waals surface area contributed by atoms with E-state index >= 15 is 0 Å². The average Bonchev–Trinajstić information content (AvgIpc) is 3.20. The number of nitrogens with two attached hydrogens (primary N) is 1. The first-order valence-corrected chi connectivity index (χ1v) is 10.4. The molecule has 3 aromatic rings. The average molecular weight is 405 g/mol. The minimum absolute atomic E-state index is 0.0120. The lowest BCUT2D eigenvalue weighted by Crippen LogP contribution is -2.35. The van der Waals surface area contributed by atoms with Crippen molar-refractivity contribution in [1.29, 1.82) is 0 Å². The molecule has 1 aliphatic rings. The molecule has 1 aliphatic heterocycles. The van der Waals surface area contributed by atoms with E-state index in [9.17, 15) is 18.0 Å². The van der Waals surface area contributed by atoms with Gasteiger partial charge in [-0.1, -0.05) is 0 Å². The Hall–Kier alpha value is -2.99. The Kier molecular flexibility index (Phi) is 4.12. The molecule has 4 rings (SSSR count). The molecule has 0 fully saturated rings. The molecule has 0 saturated heterocycles. The number of hydrogen-bond donors (Lipinski definition) is 2. The summed E-state index contributed by atoms with van der Waals surface area (Å²) in [7, 11) is -1.58. The summed E-state index contributed by atoms with van der Waals surface area (Å²) in [6.07, 6.45) is 4.66. The van der Waals surface area contributed by atoms with Crippen LogP contribution >= 0.6 is 0 Å². The zero-order valence-corrected chi connectivity index (χ0v) is 16.2. The number of fused-ring (bicyclic) bond motifs is 3. The molecule has 12 heteroatoms. The summed E-state index contributed by atoms with van der Waals surface area (Å²) in [5, 5.41) is 11.5. The topological polar surface area (TPSA) is 149 Å². The normalized spacial score (nSPS) is 15.1. The van der Waals surface area contributed by atoms with Crippen molar-refractivity contribution in [3.63, 3.8) is 0 Å². The summed E-state index contributed by atoms with van der Waals surface area (Å²) in [5.74, 6) is -0.645. The van der Waals surface area contributed by atoms with E-state index in [1.165, 1.54) is 21.4 Å². The molecule has 0 aromatic carbocycles. The van der Waals surface area contributed by atoms with Gasteiger partial charge in [0.05, 0.1) is 36.8 Å². The van der Waals surface area contributed by atoms with Gasteiger partial charge in [-0.15, -0.1) is 0 Å². The number of amides is 1. The summed E-state index contributed by atoms with van der Waals surface area (Å²) in [4.78, 5) is 24.5. The molecular formula is C16H19N7O4S. The highest BCUT2D eigenvalue weighted by atomic mass is 32.2. The number of sulfonamides is 1. The predicted octanol–water partition coefficient (Wildman–Crippen LogP) is -1.08. The molecule has 148 valence electrons. The zero-order chi connectivity index (χ0) is 20.2. The number of primary amides is 1. The Balaban J connectivity index is 1.81. The predicted molar refractivity (Wildman–Crippen MR) is 100 cm³/mol. The van der Waals surface area contributed by atoms with Crippen LogP contribution in [0.5, 0.6) is 0 Å². The number of carbonyl (C=O) groups is 1. The highest BCUT2D eigenvalue weighted by Gasteiger charge is 2.29. The SMILES string of the molecule is Cn1c2c(c3cnn(Cc4n[nH]cc4C(N)=O)c(=O)c31)CCN(S(C)(=O)=O)C2. The van der Waals surface area contributed by atoms with Crippen LogP contribution in [-0.4, -0.2) is 56.0 Å². The number of aromatic amines is 1. The third-order valence-electron chi connectivity index (χ3n) is 5.12. The third kappa shape index (κ3) is 2.81. The molecule has 28 heavy (non-hydrogen) atoms. The van der Waals surface area contributed by atoms with Gasteiger partial charge < -0.3 is 10.3 Å². The number of aryl methyl sites for hydroxylation is 1. The third-order valence-corrected chi connectivity index (χ3v) is 6.37. The molecular weight excluding hydrogens is 386 g/mol. The summed E-state index contributed by atoms with van der Waals surface area (Å²) < 4.78 is 28.1. The van der Waals surface area contributed by atoms with Gasteiger partial charge in [0.2, 0.25) is 10.0 Å². The van der Waals surface area contributed by atoms with Crippen LogP contribution in [0.2, 0.25) is 0 Å². The summed E-state index contributed by atoms with van der Waals surface area (Å²) in [5.41, 5.74) is 7.64. The van der Waals surface area contributed by atoms with Crippen LogP contribution in [0, 0.1) is 0 Å². The molecule has 0 unspecified atom stereocenters. The number of rotatable bonds is 4. The van der Waals surface area contributed by atoms with Gasteiger partial charge >= 0.3 is 0 Å². The Morgan fingerprint density at radius 3 is 2.82 bits per heavy atom. The van der Waals surface area contributed by atoms with Crippen molar-refractivity contribution < 1.29 is 13.2 Å². The maximum absolute atomic E-state index is 13.0. The highest BCUT2D eigenvalue weighted by molar-refractivity contribution is 7.88. The molecule has 3 aromatic heterocycles. The van der Waals surface area contributed by atoms with Crippen molar-refractivity contribution in [3.05, 3.63) is 45.3 Å². The van der Waals surface area contributed by atoms with Crippen molar-refractivity contribution >= 4 is 26.8 Å². The standard InChI is InChI=1S/C16H19N7O4S/c1-21-13-8-22(28(2,26)27)4-3-9(13)10-6-19-23(16(25)14(10)21)7-12-11(15(17)24)5-18-20-12/h5-6H,3-4,7-8H2,1-2H3,(H2,17,24)(H,18,20). The van der Waals surface area contributed by atoms with Crippen molar-refractivity contribution in [2.75, 3.05) is 12.8 Å². The van der Waals surface area contributed by atoms with Crippen LogP contribution in [0.25, 0.3) is 10.9 Å². The van der Waals surface area contributed by atoms with E-state index in [2.05, 4.69) is 15.3 Å². The van der Waals surface area contributed by atoms with Crippen molar-refractivity contribution in [1.82, 2.24) is 28.9 Å². The van der Waals surface area contributed by atoms with Gasteiger partial charge in [-0.25, -0.2) is 13.1 Å². The van der Waals surface area contributed by atoms with E-state index < -0.39 is 15.9 Å². The molecule has 0 spiro atoms. The fourth-order valence-electron chi connectivity index (χ4n) is 3.67. The molecule has 0 saturated carbocycles. The van der Waals surface area contributed by atoms with Gasteiger partial charge in [0.1, 0.15) is 5.52 Å². The van der Waals surface area contributed by atoms with E-state index in [0.717, 1.165) is 11.3 Å². The van der Waals surface area contributed by atoms with Gasteiger partial charge in [0.25, 0.3) is 11.5 Å². The van der Waals surface area contributed by atoms with Gasteiger partial charge in [-0.2, -0.15) is 14.5 Å². The first kappa shape index (κ1) is 18.4. The number of H-pyrrole nitrogens is 1. The van der Waals surface area contributed by atoms with Crippen LogP contribution in [-0.2, 0) is 36.6 Å².